The molecule has 1 aromatic heterocycles. The molecule has 36 heavy (non-hydrogen) atoms. The van der Waals surface area contributed by atoms with Crippen LogP contribution < -0.4 is 15.5 Å². The van der Waals surface area contributed by atoms with Crippen LogP contribution in [0.4, 0.5) is 21.9 Å². The second-order valence-corrected chi connectivity index (χ2v) is 9.84. The van der Waals surface area contributed by atoms with Gasteiger partial charge in [0.05, 0.1) is 34.2 Å². The van der Waals surface area contributed by atoms with E-state index in [0.717, 1.165) is 5.69 Å². The Morgan fingerprint density at radius 2 is 1.75 bits per heavy atom. The van der Waals surface area contributed by atoms with Gasteiger partial charge in [-0.2, -0.15) is 0 Å². The Morgan fingerprint density at radius 3 is 2.36 bits per heavy atom. The van der Waals surface area contributed by atoms with Gasteiger partial charge in [-0.25, -0.2) is 4.79 Å². The molecule has 0 saturated heterocycles. The normalized spacial score (nSPS) is 11.1. The average molecular weight is 513 g/mol. The Kier molecular flexibility index (Phi) is 8.04. The summed E-state index contributed by atoms with van der Waals surface area (Å²) in [4.78, 5) is 39.8. The quantitative estimate of drug-likeness (QED) is 0.298. The molecule has 0 aliphatic rings. The summed E-state index contributed by atoms with van der Waals surface area (Å²) < 4.78 is 10.6. The fourth-order valence-corrected chi connectivity index (χ4v) is 3.65. The third-order valence-electron chi connectivity index (χ3n) is 4.90. The van der Waals surface area contributed by atoms with Crippen molar-refractivity contribution in [2.45, 2.75) is 39.7 Å². The lowest BCUT2D eigenvalue weighted by molar-refractivity contribution is -0.115. The summed E-state index contributed by atoms with van der Waals surface area (Å²) in [7, 11) is 3.59. The number of rotatable bonds is 7. The van der Waals surface area contributed by atoms with Crippen LogP contribution >= 0.6 is 11.6 Å². The number of aryl methyl sites for hydroxylation is 1. The van der Waals surface area contributed by atoms with Crippen molar-refractivity contribution in [2.24, 2.45) is 0 Å². The van der Waals surface area contributed by atoms with Gasteiger partial charge < -0.3 is 19.5 Å². The number of Topliss-reactive ketones (excluding diaryl/α,β-unsaturated/α-hetero) is 1. The van der Waals surface area contributed by atoms with E-state index in [4.69, 9.17) is 20.9 Å². The van der Waals surface area contributed by atoms with Crippen molar-refractivity contribution in [3.63, 3.8) is 0 Å². The largest absolute Gasteiger partial charge is 0.444 e. The first kappa shape index (κ1) is 26.7. The molecule has 0 aliphatic carbocycles. The lowest BCUT2D eigenvalue weighted by Gasteiger charge is -2.22. The van der Waals surface area contributed by atoms with Gasteiger partial charge in [-0.05, 0) is 45.9 Å². The number of aromatic nitrogens is 1. The topological polar surface area (TPSA) is 114 Å². The van der Waals surface area contributed by atoms with Crippen LogP contribution in [0.3, 0.4) is 0 Å². The lowest BCUT2D eigenvalue weighted by Crippen LogP contribution is -2.28. The zero-order valence-corrected chi connectivity index (χ0v) is 21.8. The number of nitrogens with one attached hydrogen (secondary N) is 2. The number of carbonyl (C=O) groups is 3. The highest BCUT2D eigenvalue weighted by Crippen LogP contribution is 2.35. The molecule has 0 atom stereocenters. The number of ether oxygens (including phenoxy) is 1. The molecule has 2 aromatic carbocycles. The fraction of sp³-hybridized carbons (Fsp3) is 0.308. The van der Waals surface area contributed by atoms with Crippen LogP contribution in [0.1, 0.15) is 43.2 Å². The molecule has 0 bridgehead atoms. The first-order chi connectivity index (χ1) is 16.8. The van der Waals surface area contributed by atoms with Gasteiger partial charge in [-0.15, -0.1) is 0 Å². The number of anilines is 3. The van der Waals surface area contributed by atoms with E-state index < -0.39 is 24.0 Å². The second-order valence-electron chi connectivity index (χ2n) is 9.43. The van der Waals surface area contributed by atoms with Crippen LogP contribution in [0.2, 0.25) is 5.02 Å². The molecule has 0 aliphatic heterocycles. The van der Waals surface area contributed by atoms with Gasteiger partial charge in [-0.3, -0.25) is 14.9 Å². The van der Waals surface area contributed by atoms with E-state index in [9.17, 15) is 14.4 Å². The molecule has 0 spiro atoms. The molecule has 3 rings (SSSR count). The van der Waals surface area contributed by atoms with E-state index in [1.165, 1.54) is 6.07 Å². The number of amides is 2. The Hall–Kier alpha value is -3.85. The summed E-state index contributed by atoms with van der Waals surface area (Å²) in [6.45, 7) is 7.03. The molecule has 10 heteroatoms. The van der Waals surface area contributed by atoms with Crippen LogP contribution in [0, 0.1) is 6.92 Å². The minimum Gasteiger partial charge on any atom is -0.444 e. The first-order valence-electron chi connectivity index (χ1n) is 11.2. The second kappa shape index (κ2) is 10.8. The van der Waals surface area contributed by atoms with Gasteiger partial charge in [0.2, 0.25) is 5.91 Å². The molecule has 2 N–H and O–H groups in total. The monoisotopic (exact) mass is 512 g/mol. The van der Waals surface area contributed by atoms with Gasteiger partial charge in [0.15, 0.2) is 11.5 Å². The number of nitrogens with zero attached hydrogens (tertiary/aromatic N) is 2. The summed E-state index contributed by atoms with van der Waals surface area (Å²) in [5.41, 5.74) is 2.17. The standard InChI is InChI=1S/C26H29ClN4O5/c1-15-10-23(36-30-15)17-9-7-8-16(11-17)22(32)14-24(33)28-19-12-18(27)21(31(5)6)13-20(19)29-25(34)35-26(2,3)4/h7-13H,14H2,1-6H3,(H,28,33)(H,29,34). The summed E-state index contributed by atoms with van der Waals surface area (Å²) in [6.07, 6.45) is -1.11. The molecule has 9 nitrogen and oxygen atoms in total. The molecule has 2 amide bonds. The molecule has 0 fully saturated rings. The molecule has 3 aromatic rings. The van der Waals surface area contributed by atoms with Gasteiger partial charge >= 0.3 is 6.09 Å². The van der Waals surface area contributed by atoms with Crippen molar-refractivity contribution in [1.82, 2.24) is 5.16 Å². The fourth-order valence-electron chi connectivity index (χ4n) is 3.31. The summed E-state index contributed by atoms with van der Waals surface area (Å²) in [5.74, 6) is -0.426. The molecule has 0 saturated carbocycles. The molecule has 0 unspecified atom stereocenters. The molecule has 190 valence electrons. The van der Waals surface area contributed by atoms with E-state index in [2.05, 4.69) is 15.8 Å². The summed E-state index contributed by atoms with van der Waals surface area (Å²) in [6, 6.07) is 11.7. The Labute approximate surface area is 214 Å². The molecule has 1 heterocycles. The van der Waals surface area contributed by atoms with E-state index in [1.807, 2.05) is 0 Å². The molecular formula is C26H29ClN4O5. The molecule has 0 radical (unpaired) electrons. The van der Waals surface area contributed by atoms with Gasteiger partial charge in [0.25, 0.3) is 0 Å². The number of hydrogen-bond donors (Lipinski definition) is 2. The van der Waals surface area contributed by atoms with Crippen molar-refractivity contribution in [3.05, 3.63) is 58.7 Å². The third-order valence-corrected chi connectivity index (χ3v) is 5.20. The van der Waals surface area contributed by atoms with Crippen molar-refractivity contribution in [1.29, 1.82) is 0 Å². The predicted molar refractivity (Wildman–Crippen MR) is 140 cm³/mol. The van der Waals surface area contributed by atoms with E-state index in [1.54, 1.807) is 83.1 Å². The maximum absolute atomic E-state index is 12.8. The summed E-state index contributed by atoms with van der Waals surface area (Å²) >= 11 is 6.38. The Balaban J connectivity index is 1.79. The number of benzene rings is 2. The zero-order chi connectivity index (χ0) is 26.6. The van der Waals surface area contributed by atoms with Gasteiger partial charge in [-0.1, -0.05) is 35.0 Å². The number of halogens is 1. The summed E-state index contributed by atoms with van der Waals surface area (Å²) in [5, 5.41) is 9.53. The van der Waals surface area contributed by atoms with E-state index in [0.29, 0.717) is 27.6 Å². The lowest BCUT2D eigenvalue weighted by atomic mass is 10.0. The van der Waals surface area contributed by atoms with Gasteiger partial charge in [0.1, 0.15) is 5.60 Å². The van der Waals surface area contributed by atoms with Crippen LogP contribution in [-0.2, 0) is 9.53 Å². The highest BCUT2D eigenvalue weighted by atomic mass is 35.5. The minimum atomic E-state index is -0.713. The third kappa shape index (κ3) is 7.08. The highest BCUT2D eigenvalue weighted by molar-refractivity contribution is 6.34. The van der Waals surface area contributed by atoms with E-state index >= 15 is 0 Å². The van der Waals surface area contributed by atoms with Gasteiger partial charge in [0, 0.05) is 31.3 Å². The smallest absolute Gasteiger partial charge is 0.412 e. The average Bonchev–Trinajstić information content (AvgIpc) is 3.20. The van der Waals surface area contributed by atoms with Crippen LogP contribution in [0.5, 0.6) is 0 Å². The zero-order valence-electron chi connectivity index (χ0n) is 21.1. The van der Waals surface area contributed by atoms with Crippen LogP contribution in [-0.4, -0.2) is 42.6 Å². The maximum Gasteiger partial charge on any atom is 0.412 e. The predicted octanol–water partition coefficient (Wildman–Crippen LogP) is 5.93. The Morgan fingerprint density at radius 1 is 1.06 bits per heavy atom. The van der Waals surface area contributed by atoms with Crippen LogP contribution in [0.25, 0.3) is 11.3 Å². The first-order valence-corrected chi connectivity index (χ1v) is 11.6. The van der Waals surface area contributed by atoms with Crippen LogP contribution in [0.15, 0.2) is 47.0 Å². The van der Waals surface area contributed by atoms with Crippen molar-refractivity contribution < 1.29 is 23.6 Å². The number of carbonyl (C=O) groups excluding carboxylic acids is 3. The SMILES string of the molecule is Cc1cc(-c2cccc(C(=O)CC(=O)Nc3cc(Cl)c(N(C)C)cc3NC(=O)OC(C)(C)C)c2)on1. The number of ketones is 1. The van der Waals surface area contributed by atoms with E-state index in [-0.39, 0.29) is 17.2 Å². The van der Waals surface area contributed by atoms with Crippen molar-refractivity contribution in [3.8, 4) is 11.3 Å². The van der Waals surface area contributed by atoms with Crippen molar-refractivity contribution in [2.75, 3.05) is 29.6 Å². The maximum atomic E-state index is 12.8. The minimum absolute atomic E-state index is 0.236. The van der Waals surface area contributed by atoms with Crippen molar-refractivity contribution >= 4 is 46.4 Å². The Bertz CT molecular complexity index is 1290. The molecular weight excluding hydrogens is 484 g/mol. The number of hydrogen-bond acceptors (Lipinski definition) is 7. The highest BCUT2D eigenvalue weighted by Gasteiger charge is 2.21.